The van der Waals surface area contributed by atoms with Crippen molar-refractivity contribution in [3.63, 3.8) is 0 Å². The Kier molecular flexibility index (Phi) is 10.6. The molecule has 0 saturated heterocycles. The summed E-state index contributed by atoms with van der Waals surface area (Å²) in [4.78, 5) is 46.7. The predicted molar refractivity (Wildman–Crippen MR) is 124 cm³/mol. The number of hydrogen-bond donors (Lipinski definition) is 2. The maximum atomic E-state index is 11.9. The maximum Gasteiger partial charge on any atom is 0.337 e. The lowest BCUT2D eigenvalue weighted by atomic mass is 10.1. The lowest BCUT2D eigenvalue weighted by Gasteiger charge is -2.07. The normalized spacial score (nSPS) is 10.2. The van der Waals surface area contributed by atoms with Crippen molar-refractivity contribution < 1.29 is 28.7 Å². The largest absolute Gasteiger partial charge is 0.465 e. The summed E-state index contributed by atoms with van der Waals surface area (Å²) in [5, 5.41) is 5.58. The quantitative estimate of drug-likeness (QED) is 0.289. The first-order valence-electron chi connectivity index (χ1n) is 9.55. The van der Waals surface area contributed by atoms with Crippen molar-refractivity contribution in [3.05, 3.63) is 70.8 Å². The second-order valence-corrected chi connectivity index (χ2v) is 8.92. The van der Waals surface area contributed by atoms with E-state index < -0.39 is 11.9 Å². The van der Waals surface area contributed by atoms with Crippen LogP contribution in [0.4, 0.5) is 0 Å². The smallest absolute Gasteiger partial charge is 0.337 e. The van der Waals surface area contributed by atoms with E-state index >= 15 is 0 Å². The Morgan fingerprint density at radius 2 is 1.00 bits per heavy atom. The fraction of sp³-hybridized carbons (Fsp3) is 0.273. The summed E-state index contributed by atoms with van der Waals surface area (Å²) in [5.41, 5.74) is 2.63. The predicted octanol–water partition coefficient (Wildman–Crippen LogP) is 2.57. The number of hydrogen-bond acceptors (Lipinski definition) is 8. The van der Waals surface area contributed by atoms with Crippen LogP contribution in [0.1, 0.15) is 31.8 Å². The average Bonchev–Trinajstić information content (AvgIpc) is 2.83. The van der Waals surface area contributed by atoms with Gasteiger partial charge in [0, 0.05) is 13.1 Å². The van der Waals surface area contributed by atoms with Gasteiger partial charge in [-0.25, -0.2) is 9.59 Å². The molecule has 0 aromatic heterocycles. The Morgan fingerprint density at radius 3 is 1.31 bits per heavy atom. The van der Waals surface area contributed by atoms with E-state index in [9.17, 15) is 19.2 Å². The molecular formula is C22H24N2O6S2. The van der Waals surface area contributed by atoms with Gasteiger partial charge in [-0.2, -0.15) is 0 Å². The van der Waals surface area contributed by atoms with Crippen LogP contribution in [0.25, 0.3) is 0 Å². The minimum absolute atomic E-state index is 0.148. The zero-order valence-corrected chi connectivity index (χ0v) is 19.3. The number of methoxy groups -OCH3 is 2. The van der Waals surface area contributed by atoms with Gasteiger partial charge < -0.3 is 20.1 Å². The Labute approximate surface area is 194 Å². The van der Waals surface area contributed by atoms with E-state index in [2.05, 4.69) is 20.1 Å². The summed E-state index contributed by atoms with van der Waals surface area (Å²) in [6, 6.07) is 13.6. The topological polar surface area (TPSA) is 111 Å². The van der Waals surface area contributed by atoms with Crippen molar-refractivity contribution in [3.8, 4) is 0 Å². The molecule has 170 valence electrons. The molecule has 0 fully saturated rings. The molecule has 0 radical (unpaired) electrons. The number of carbonyl (C=O) groups excluding carboxylic acids is 4. The lowest BCUT2D eigenvalue weighted by Crippen LogP contribution is -2.25. The maximum absolute atomic E-state index is 11.9. The third-order valence-electron chi connectivity index (χ3n) is 4.19. The Hall–Kier alpha value is -2.98. The highest BCUT2D eigenvalue weighted by Crippen LogP contribution is 2.20. The van der Waals surface area contributed by atoms with Gasteiger partial charge in [-0.1, -0.05) is 45.9 Å². The molecule has 32 heavy (non-hydrogen) atoms. The molecule has 0 aliphatic rings. The molecule has 2 aromatic carbocycles. The number of esters is 2. The van der Waals surface area contributed by atoms with Crippen LogP contribution in [-0.2, 0) is 32.2 Å². The van der Waals surface area contributed by atoms with Crippen molar-refractivity contribution in [1.82, 2.24) is 10.6 Å². The molecule has 0 saturated carbocycles. The Morgan fingerprint density at radius 1 is 0.656 bits per heavy atom. The van der Waals surface area contributed by atoms with E-state index in [-0.39, 0.29) is 23.3 Å². The van der Waals surface area contributed by atoms with E-state index in [1.807, 2.05) is 0 Å². The van der Waals surface area contributed by atoms with E-state index in [1.165, 1.54) is 35.8 Å². The van der Waals surface area contributed by atoms with Crippen molar-refractivity contribution in [2.75, 3.05) is 25.7 Å². The number of rotatable bonds is 11. The molecule has 0 bridgehead atoms. The molecule has 0 spiro atoms. The molecule has 0 aliphatic heterocycles. The summed E-state index contributed by atoms with van der Waals surface area (Å²) in [6.07, 6.45) is 0. The minimum atomic E-state index is -0.408. The van der Waals surface area contributed by atoms with Crippen molar-refractivity contribution in [2.24, 2.45) is 0 Å². The van der Waals surface area contributed by atoms with Crippen LogP contribution in [0.2, 0.25) is 0 Å². The first kappa shape index (κ1) is 25.3. The second-order valence-electron chi connectivity index (χ2n) is 6.45. The molecule has 0 aliphatic carbocycles. The molecule has 0 unspecified atom stereocenters. The summed E-state index contributed by atoms with van der Waals surface area (Å²) in [5.74, 6) is -0.680. The van der Waals surface area contributed by atoms with Crippen molar-refractivity contribution in [1.29, 1.82) is 0 Å². The van der Waals surface area contributed by atoms with E-state index in [4.69, 9.17) is 0 Å². The minimum Gasteiger partial charge on any atom is -0.465 e. The standard InChI is InChI=1S/C22H24N2O6S2/c1-29-21(27)17-7-3-15(4-8-17)11-23-19(25)13-31-32-14-20(26)24-12-16-5-9-18(10-6-16)22(28)30-2/h3-10H,11-14H2,1-2H3,(H,23,25)(H,24,26). The summed E-state index contributed by atoms with van der Waals surface area (Å²) >= 11 is 0. The Bertz CT molecular complexity index is 855. The van der Waals surface area contributed by atoms with Gasteiger partial charge in [0.1, 0.15) is 0 Å². The van der Waals surface area contributed by atoms with Crippen LogP contribution in [0, 0.1) is 0 Å². The fourth-order valence-electron chi connectivity index (χ4n) is 2.45. The zero-order chi connectivity index (χ0) is 23.3. The number of carbonyl (C=O) groups is 4. The van der Waals surface area contributed by atoms with Gasteiger partial charge in [0.25, 0.3) is 0 Å². The van der Waals surface area contributed by atoms with Gasteiger partial charge in [0.05, 0.1) is 36.9 Å². The van der Waals surface area contributed by atoms with Crippen molar-refractivity contribution in [2.45, 2.75) is 13.1 Å². The molecule has 10 heteroatoms. The van der Waals surface area contributed by atoms with Gasteiger partial charge in [-0.3, -0.25) is 9.59 Å². The summed E-state index contributed by atoms with van der Waals surface area (Å²) in [6.45, 7) is 0.696. The number of ether oxygens (including phenoxy) is 2. The third-order valence-corrected chi connectivity index (χ3v) is 6.33. The third kappa shape index (κ3) is 8.64. The van der Waals surface area contributed by atoms with Gasteiger partial charge in [-0.15, -0.1) is 0 Å². The van der Waals surface area contributed by atoms with E-state index in [0.717, 1.165) is 11.1 Å². The van der Waals surface area contributed by atoms with Crippen LogP contribution in [0.15, 0.2) is 48.5 Å². The van der Waals surface area contributed by atoms with Crippen LogP contribution in [-0.4, -0.2) is 49.5 Å². The second kappa shape index (κ2) is 13.4. The molecule has 0 atom stereocenters. The monoisotopic (exact) mass is 476 g/mol. The summed E-state index contributed by atoms with van der Waals surface area (Å²) < 4.78 is 9.28. The highest BCUT2D eigenvalue weighted by Gasteiger charge is 2.08. The molecule has 2 amide bonds. The first-order valence-corrected chi connectivity index (χ1v) is 12.0. The van der Waals surface area contributed by atoms with Crippen LogP contribution >= 0.6 is 21.6 Å². The Balaban J connectivity index is 1.59. The molecule has 2 aromatic rings. The fourth-order valence-corrected chi connectivity index (χ4v) is 4.17. The average molecular weight is 477 g/mol. The first-order chi connectivity index (χ1) is 15.4. The lowest BCUT2D eigenvalue weighted by molar-refractivity contribution is -0.119. The number of nitrogens with one attached hydrogen (secondary N) is 2. The van der Waals surface area contributed by atoms with Gasteiger partial charge >= 0.3 is 11.9 Å². The number of amides is 2. The van der Waals surface area contributed by atoms with E-state index in [0.29, 0.717) is 24.2 Å². The number of benzene rings is 2. The van der Waals surface area contributed by atoms with Crippen LogP contribution < -0.4 is 10.6 Å². The van der Waals surface area contributed by atoms with Crippen LogP contribution in [0.3, 0.4) is 0 Å². The van der Waals surface area contributed by atoms with E-state index in [1.54, 1.807) is 48.5 Å². The SMILES string of the molecule is COC(=O)c1ccc(CNC(=O)CSSCC(=O)NCc2ccc(C(=O)OC)cc2)cc1. The van der Waals surface area contributed by atoms with Crippen molar-refractivity contribution >= 4 is 45.3 Å². The highest BCUT2D eigenvalue weighted by atomic mass is 33.1. The molecular weight excluding hydrogens is 452 g/mol. The summed E-state index contributed by atoms with van der Waals surface area (Å²) in [7, 11) is 5.23. The highest BCUT2D eigenvalue weighted by molar-refractivity contribution is 8.77. The molecule has 0 heterocycles. The molecule has 2 rings (SSSR count). The van der Waals surface area contributed by atoms with Gasteiger partial charge in [0.15, 0.2) is 0 Å². The molecule has 2 N–H and O–H groups in total. The van der Waals surface area contributed by atoms with Gasteiger partial charge in [0.2, 0.25) is 11.8 Å². The zero-order valence-electron chi connectivity index (χ0n) is 17.7. The van der Waals surface area contributed by atoms with Crippen LogP contribution in [0.5, 0.6) is 0 Å². The molecule has 8 nitrogen and oxygen atoms in total. The van der Waals surface area contributed by atoms with Gasteiger partial charge in [-0.05, 0) is 35.4 Å².